The second-order valence-electron chi connectivity index (χ2n) is 8.01. The second kappa shape index (κ2) is 7.64. The number of benzene rings is 1. The van der Waals surface area contributed by atoms with Crippen molar-refractivity contribution in [1.82, 2.24) is 30.0 Å². The SMILES string of the molecule is CC(=O)N1CCC(c2nc(-c3nnn4c3CO[C@@H](c3ccc(C)cc3)C4)no2)CC1. The van der Waals surface area contributed by atoms with Crippen LogP contribution in [0, 0.1) is 6.92 Å². The number of hydrogen-bond acceptors (Lipinski definition) is 7. The molecule has 1 fully saturated rings. The molecular weight excluding hydrogens is 384 g/mol. The number of piperidine rings is 1. The maximum absolute atomic E-state index is 11.5. The number of nitrogens with zero attached hydrogens (tertiary/aromatic N) is 6. The third-order valence-electron chi connectivity index (χ3n) is 5.99. The molecule has 0 bridgehead atoms. The third kappa shape index (κ3) is 3.49. The van der Waals surface area contributed by atoms with Crippen molar-refractivity contribution >= 4 is 5.91 Å². The number of carbonyl (C=O) groups excluding carboxylic acids is 1. The van der Waals surface area contributed by atoms with Gasteiger partial charge in [-0.25, -0.2) is 4.68 Å². The van der Waals surface area contributed by atoms with Crippen LogP contribution in [0.4, 0.5) is 0 Å². The lowest BCUT2D eigenvalue weighted by molar-refractivity contribution is -0.129. The molecule has 1 aromatic carbocycles. The molecule has 1 atom stereocenters. The van der Waals surface area contributed by atoms with Gasteiger partial charge in [0.1, 0.15) is 6.10 Å². The van der Waals surface area contributed by atoms with Crippen LogP contribution in [0.25, 0.3) is 11.5 Å². The van der Waals surface area contributed by atoms with Gasteiger partial charge < -0.3 is 14.2 Å². The lowest BCUT2D eigenvalue weighted by Gasteiger charge is -2.29. The molecule has 0 spiro atoms. The average Bonchev–Trinajstić information content (AvgIpc) is 3.41. The molecule has 156 valence electrons. The van der Waals surface area contributed by atoms with E-state index in [1.807, 2.05) is 9.58 Å². The van der Waals surface area contributed by atoms with E-state index in [2.05, 4.69) is 51.6 Å². The zero-order valence-electron chi connectivity index (χ0n) is 17.1. The Bertz CT molecular complexity index is 1050. The monoisotopic (exact) mass is 408 g/mol. The Morgan fingerprint density at radius 2 is 1.93 bits per heavy atom. The van der Waals surface area contributed by atoms with Gasteiger partial charge in [-0.3, -0.25) is 4.79 Å². The first-order valence-electron chi connectivity index (χ1n) is 10.3. The fourth-order valence-corrected chi connectivity index (χ4v) is 4.11. The molecule has 9 heteroatoms. The van der Waals surface area contributed by atoms with Gasteiger partial charge in [0.15, 0.2) is 5.69 Å². The van der Waals surface area contributed by atoms with Crippen LogP contribution < -0.4 is 0 Å². The lowest BCUT2D eigenvalue weighted by atomic mass is 9.97. The number of likely N-dealkylation sites (tertiary alicyclic amines) is 1. The van der Waals surface area contributed by atoms with Gasteiger partial charge in [0.05, 0.1) is 18.8 Å². The van der Waals surface area contributed by atoms with Gasteiger partial charge in [-0.1, -0.05) is 40.2 Å². The van der Waals surface area contributed by atoms with Crippen molar-refractivity contribution in [2.45, 2.75) is 51.9 Å². The van der Waals surface area contributed by atoms with Gasteiger partial charge in [0, 0.05) is 25.9 Å². The standard InChI is InChI=1S/C21H24N6O3/c1-13-3-5-15(6-4-13)18-11-27-17(12-29-18)19(23-25-27)20-22-21(30-24-20)16-7-9-26(10-8-16)14(2)28/h3-6,16,18H,7-12H2,1-2H3/t18-/m1/s1. The summed E-state index contributed by atoms with van der Waals surface area (Å²) < 4.78 is 13.5. The van der Waals surface area contributed by atoms with Gasteiger partial charge in [-0.2, -0.15) is 4.98 Å². The highest BCUT2D eigenvalue weighted by Gasteiger charge is 2.30. The lowest BCUT2D eigenvalue weighted by Crippen LogP contribution is -2.36. The summed E-state index contributed by atoms with van der Waals surface area (Å²) in [6, 6.07) is 8.35. The molecule has 30 heavy (non-hydrogen) atoms. The zero-order chi connectivity index (χ0) is 20.7. The number of aryl methyl sites for hydroxylation is 1. The minimum atomic E-state index is -0.0556. The van der Waals surface area contributed by atoms with Gasteiger partial charge in [0.25, 0.3) is 0 Å². The molecule has 4 heterocycles. The van der Waals surface area contributed by atoms with Gasteiger partial charge >= 0.3 is 0 Å². The van der Waals surface area contributed by atoms with Crippen molar-refractivity contribution in [3.05, 3.63) is 47.0 Å². The molecule has 2 aromatic heterocycles. The van der Waals surface area contributed by atoms with Gasteiger partial charge in [-0.05, 0) is 25.3 Å². The molecule has 9 nitrogen and oxygen atoms in total. The van der Waals surface area contributed by atoms with Crippen LogP contribution in [0.1, 0.15) is 54.5 Å². The summed E-state index contributed by atoms with van der Waals surface area (Å²) in [6.45, 7) is 6.09. The first-order chi connectivity index (χ1) is 14.6. The van der Waals surface area contributed by atoms with Crippen molar-refractivity contribution in [3.63, 3.8) is 0 Å². The van der Waals surface area contributed by atoms with Crippen molar-refractivity contribution in [2.24, 2.45) is 0 Å². The summed E-state index contributed by atoms with van der Waals surface area (Å²) >= 11 is 0. The number of carbonyl (C=O) groups is 1. The van der Waals surface area contributed by atoms with E-state index in [1.54, 1.807) is 6.92 Å². The summed E-state index contributed by atoms with van der Waals surface area (Å²) in [5.74, 6) is 1.32. The third-order valence-corrected chi connectivity index (χ3v) is 5.99. The molecule has 1 amide bonds. The molecule has 3 aromatic rings. The highest BCUT2D eigenvalue weighted by atomic mass is 16.5. The normalized spacial score (nSPS) is 19.7. The molecule has 2 aliphatic rings. The van der Waals surface area contributed by atoms with Gasteiger partial charge in [-0.15, -0.1) is 5.10 Å². The molecule has 0 saturated carbocycles. The first-order valence-corrected chi connectivity index (χ1v) is 10.3. The molecule has 0 aliphatic carbocycles. The van der Waals surface area contributed by atoms with Crippen LogP contribution >= 0.6 is 0 Å². The van der Waals surface area contributed by atoms with E-state index in [9.17, 15) is 4.79 Å². The Morgan fingerprint density at radius 3 is 2.67 bits per heavy atom. The Hall–Kier alpha value is -3.07. The quantitative estimate of drug-likeness (QED) is 0.657. The largest absolute Gasteiger partial charge is 0.365 e. The van der Waals surface area contributed by atoms with Crippen LogP contribution in [0.3, 0.4) is 0 Å². The van der Waals surface area contributed by atoms with Gasteiger partial charge in [0.2, 0.25) is 17.6 Å². The maximum Gasteiger partial charge on any atom is 0.230 e. The van der Waals surface area contributed by atoms with E-state index in [4.69, 9.17) is 9.26 Å². The van der Waals surface area contributed by atoms with Crippen LogP contribution in [-0.4, -0.2) is 49.0 Å². The minimum Gasteiger partial charge on any atom is -0.365 e. The van der Waals surface area contributed by atoms with Crippen LogP contribution in [0.15, 0.2) is 28.8 Å². The number of ether oxygens (including phenoxy) is 1. The number of fused-ring (bicyclic) bond motifs is 1. The highest BCUT2D eigenvalue weighted by Crippen LogP contribution is 2.32. The zero-order valence-corrected chi connectivity index (χ0v) is 17.1. The van der Waals surface area contributed by atoms with Crippen molar-refractivity contribution in [2.75, 3.05) is 13.1 Å². The molecule has 0 unspecified atom stereocenters. The summed E-state index contributed by atoms with van der Waals surface area (Å²) in [5.41, 5.74) is 3.81. The molecule has 5 rings (SSSR count). The predicted molar refractivity (Wildman–Crippen MR) is 106 cm³/mol. The van der Waals surface area contributed by atoms with E-state index in [0.717, 1.165) is 24.1 Å². The Balaban J connectivity index is 1.31. The van der Waals surface area contributed by atoms with E-state index < -0.39 is 0 Å². The number of amides is 1. The van der Waals surface area contributed by atoms with Crippen LogP contribution in [-0.2, 0) is 22.7 Å². The topological polar surface area (TPSA) is 99.2 Å². The van der Waals surface area contributed by atoms with Crippen LogP contribution in [0.5, 0.6) is 0 Å². The summed E-state index contributed by atoms with van der Waals surface area (Å²) in [4.78, 5) is 18.0. The first kappa shape index (κ1) is 18.9. The maximum atomic E-state index is 11.5. The molecule has 2 aliphatic heterocycles. The number of rotatable bonds is 3. The number of hydrogen-bond donors (Lipinski definition) is 0. The van der Waals surface area contributed by atoms with E-state index >= 15 is 0 Å². The summed E-state index contributed by atoms with van der Waals surface area (Å²) in [7, 11) is 0. The van der Waals surface area contributed by atoms with Crippen molar-refractivity contribution in [3.8, 4) is 11.5 Å². The molecule has 1 saturated heterocycles. The summed E-state index contributed by atoms with van der Waals surface area (Å²) in [6.07, 6.45) is 1.59. The van der Waals surface area contributed by atoms with Crippen molar-refractivity contribution in [1.29, 1.82) is 0 Å². The minimum absolute atomic E-state index is 0.0556. The highest BCUT2D eigenvalue weighted by molar-refractivity contribution is 5.73. The van der Waals surface area contributed by atoms with Crippen LogP contribution in [0.2, 0.25) is 0 Å². The number of aromatic nitrogens is 5. The van der Waals surface area contributed by atoms with E-state index in [0.29, 0.717) is 43.7 Å². The Labute approximate surface area is 174 Å². The smallest absolute Gasteiger partial charge is 0.230 e. The fraction of sp³-hybridized carbons (Fsp3) is 0.476. The summed E-state index contributed by atoms with van der Waals surface area (Å²) in [5, 5.41) is 12.7. The van der Waals surface area contributed by atoms with E-state index in [1.165, 1.54) is 5.56 Å². The Kier molecular flexibility index (Phi) is 4.82. The predicted octanol–water partition coefficient (Wildman–Crippen LogP) is 2.63. The van der Waals surface area contributed by atoms with E-state index in [-0.39, 0.29) is 17.9 Å². The fourth-order valence-electron chi connectivity index (χ4n) is 4.11. The average molecular weight is 408 g/mol. The molecular formula is C21H24N6O3. The molecule has 0 N–H and O–H groups in total. The molecule has 0 radical (unpaired) electrons. The van der Waals surface area contributed by atoms with Crippen molar-refractivity contribution < 1.29 is 14.1 Å². The Morgan fingerprint density at radius 1 is 1.17 bits per heavy atom. The second-order valence-corrected chi connectivity index (χ2v) is 8.01.